The number of para-hydroxylation sites is 2. The van der Waals surface area contributed by atoms with E-state index in [4.69, 9.17) is 0 Å². The van der Waals surface area contributed by atoms with Gasteiger partial charge >= 0.3 is 0 Å². The first-order chi connectivity index (χ1) is 28.7. The summed E-state index contributed by atoms with van der Waals surface area (Å²) in [5, 5.41) is 4.54. The van der Waals surface area contributed by atoms with Gasteiger partial charge in [-0.25, -0.2) is 4.39 Å². The minimum absolute atomic E-state index is 0.235. The highest BCUT2D eigenvalue weighted by atomic mass is 32.1. The van der Waals surface area contributed by atoms with Gasteiger partial charge in [-0.2, -0.15) is 0 Å². The number of thiophene rings is 1. The molecule has 0 aliphatic carbocycles. The third kappa shape index (κ3) is 5.77. The lowest BCUT2D eigenvalue weighted by atomic mass is 10.0. The third-order valence-electron chi connectivity index (χ3n) is 11.3. The van der Waals surface area contributed by atoms with Crippen molar-refractivity contribution in [1.29, 1.82) is 0 Å². The summed E-state index contributed by atoms with van der Waals surface area (Å²) in [4.78, 5) is 2.33. The van der Waals surface area contributed by atoms with E-state index in [1.54, 1.807) is 12.1 Å². The van der Waals surface area contributed by atoms with Crippen LogP contribution >= 0.6 is 11.3 Å². The molecule has 0 saturated carbocycles. The summed E-state index contributed by atoms with van der Waals surface area (Å²) >= 11 is 1.86. The Balaban J connectivity index is 1.02. The van der Waals surface area contributed by atoms with E-state index < -0.39 is 0 Å². The molecule has 58 heavy (non-hydrogen) atoms. The fraction of sp³-hybridized carbons (Fsp3) is 0. The van der Waals surface area contributed by atoms with Crippen molar-refractivity contribution < 1.29 is 4.39 Å². The zero-order valence-electron chi connectivity index (χ0n) is 31.4. The first-order valence-electron chi connectivity index (χ1n) is 19.5. The molecule has 0 spiro atoms. The van der Waals surface area contributed by atoms with Crippen LogP contribution in [0.15, 0.2) is 212 Å². The monoisotopic (exact) mass is 762 g/mol. The second kappa shape index (κ2) is 14.0. The first kappa shape index (κ1) is 34.0. The van der Waals surface area contributed by atoms with Crippen LogP contribution in [-0.4, -0.2) is 4.57 Å². The molecule has 0 saturated heterocycles. The Kier molecular flexibility index (Phi) is 8.23. The summed E-state index contributed by atoms with van der Waals surface area (Å²) in [6.45, 7) is 0. The standard InChI is InChI=1S/C54H35FN2S/c55-50-23-11-21-48-46-18-4-6-24-51(46)57(53(48)50)44-17-9-15-40(35-44)39-14-8-16-43(34-39)56(41-30-26-37(27-31-41)36-12-2-1-3-13-36)42-32-28-38(29-33-42)45-20-10-22-49-47-19-5-7-25-52(47)58-54(45)49/h1-35H. The molecule has 0 amide bonds. The second-order valence-corrected chi connectivity index (χ2v) is 15.7. The van der Waals surface area contributed by atoms with Crippen molar-refractivity contribution >= 4 is 70.4 Å². The van der Waals surface area contributed by atoms with Crippen LogP contribution in [0.1, 0.15) is 0 Å². The summed E-state index contributed by atoms with van der Waals surface area (Å²) in [7, 11) is 0. The molecule has 2 heterocycles. The van der Waals surface area contributed by atoms with E-state index in [1.165, 1.54) is 42.4 Å². The Hall–Kier alpha value is -7.27. The number of halogens is 1. The SMILES string of the molecule is Fc1cccc2c3ccccc3n(-c3cccc(-c4cccc(N(c5ccc(-c6ccccc6)cc5)c5ccc(-c6cccc7c6sc6ccccc67)cc5)c4)c3)c12. The van der Waals surface area contributed by atoms with E-state index in [9.17, 15) is 0 Å². The molecule has 0 fully saturated rings. The van der Waals surface area contributed by atoms with Gasteiger partial charge in [0.15, 0.2) is 0 Å². The van der Waals surface area contributed by atoms with Crippen molar-refractivity contribution in [3.05, 3.63) is 218 Å². The average molecular weight is 763 g/mol. The van der Waals surface area contributed by atoms with Crippen molar-refractivity contribution in [2.24, 2.45) is 0 Å². The fourth-order valence-electron chi connectivity index (χ4n) is 8.54. The van der Waals surface area contributed by atoms with Gasteiger partial charge in [0.2, 0.25) is 0 Å². The Morgan fingerprint density at radius 1 is 0.397 bits per heavy atom. The summed E-state index contributed by atoms with van der Waals surface area (Å²) < 4.78 is 20.3. The molecule has 4 heteroatoms. The maximum Gasteiger partial charge on any atom is 0.147 e. The molecule has 9 aromatic carbocycles. The maximum absolute atomic E-state index is 15.6. The molecule has 0 atom stereocenters. The molecule has 0 unspecified atom stereocenters. The van der Waals surface area contributed by atoms with Crippen LogP contribution in [0.5, 0.6) is 0 Å². The Bertz CT molecular complexity index is 3290. The van der Waals surface area contributed by atoms with Gasteiger partial charge in [0.25, 0.3) is 0 Å². The number of benzene rings is 9. The highest BCUT2D eigenvalue weighted by Crippen LogP contribution is 2.42. The Labute approximate surface area is 339 Å². The number of rotatable bonds is 7. The van der Waals surface area contributed by atoms with Gasteiger partial charge in [-0.05, 0) is 100 Å². The molecule has 2 aromatic heterocycles. The van der Waals surface area contributed by atoms with Crippen molar-refractivity contribution in [3.8, 4) is 39.1 Å². The molecule has 11 rings (SSSR count). The molecular weight excluding hydrogens is 728 g/mol. The average Bonchev–Trinajstić information content (AvgIpc) is 3.85. The zero-order chi connectivity index (χ0) is 38.6. The molecule has 11 aromatic rings. The molecule has 0 aliphatic heterocycles. The number of hydrogen-bond acceptors (Lipinski definition) is 2. The minimum Gasteiger partial charge on any atom is -0.310 e. The maximum atomic E-state index is 15.6. The van der Waals surface area contributed by atoms with Gasteiger partial charge in [-0.1, -0.05) is 146 Å². The van der Waals surface area contributed by atoms with Gasteiger partial charge in [0, 0.05) is 53.7 Å². The van der Waals surface area contributed by atoms with Crippen LogP contribution in [0.25, 0.3) is 81.0 Å². The zero-order valence-corrected chi connectivity index (χ0v) is 32.2. The molecule has 0 radical (unpaired) electrons. The minimum atomic E-state index is -0.235. The van der Waals surface area contributed by atoms with Crippen molar-refractivity contribution in [2.75, 3.05) is 4.90 Å². The van der Waals surface area contributed by atoms with Gasteiger partial charge in [0.05, 0.1) is 11.0 Å². The summed E-state index contributed by atoms with van der Waals surface area (Å²) in [6, 6.07) is 74.2. The normalized spacial score (nSPS) is 11.5. The molecule has 0 bridgehead atoms. The van der Waals surface area contributed by atoms with Gasteiger partial charge in [-0.15, -0.1) is 11.3 Å². The third-order valence-corrected chi connectivity index (χ3v) is 12.5. The van der Waals surface area contributed by atoms with Crippen molar-refractivity contribution in [1.82, 2.24) is 4.57 Å². The quantitative estimate of drug-likeness (QED) is 0.157. The van der Waals surface area contributed by atoms with Crippen LogP contribution in [-0.2, 0) is 0 Å². The number of aromatic nitrogens is 1. The molecule has 2 nitrogen and oxygen atoms in total. The van der Waals surface area contributed by atoms with Crippen LogP contribution in [0, 0.1) is 5.82 Å². The smallest absolute Gasteiger partial charge is 0.147 e. The van der Waals surface area contributed by atoms with E-state index in [0.29, 0.717) is 5.52 Å². The highest BCUT2D eigenvalue weighted by Gasteiger charge is 2.18. The summed E-state index contributed by atoms with van der Waals surface area (Å²) in [5.41, 5.74) is 12.5. The van der Waals surface area contributed by atoms with E-state index in [1.807, 2.05) is 35.6 Å². The summed E-state index contributed by atoms with van der Waals surface area (Å²) in [5.74, 6) is -0.235. The summed E-state index contributed by atoms with van der Waals surface area (Å²) in [6.07, 6.45) is 0. The second-order valence-electron chi connectivity index (χ2n) is 14.7. The molecule has 0 N–H and O–H groups in total. The number of nitrogens with zero attached hydrogens (tertiary/aromatic N) is 2. The van der Waals surface area contributed by atoms with Crippen LogP contribution in [0.4, 0.5) is 21.5 Å². The lowest BCUT2D eigenvalue weighted by Crippen LogP contribution is -2.10. The van der Waals surface area contributed by atoms with E-state index >= 15 is 4.39 Å². The lowest BCUT2D eigenvalue weighted by molar-refractivity contribution is 0.635. The lowest BCUT2D eigenvalue weighted by Gasteiger charge is -2.26. The number of anilines is 3. The Morgan fingerprint density at radius 2 is 0.983 bits per heavy atom. The van der Waals surface area contributed by atoms with Gasteiger partial charge < -0.3 is 9.47 Å². The van der Waals surface area contributed by atoms with E-state index in [0.717, 1.165) is 50.2 Å². The Morgan fingerprint density at radius 3 is 1.79 bits per heavy atom. The van der Waals surface area contributed by atoms with Crippen LogP contribution in [0.3, 0.4) is 0 Å². The predicted octanol–water partition coefficient (Wildman–Crippen LogP) is 15.8. The topological polar surface area (TPSA) is 8.17 Å². The molecule has 0 aliphatic rings. The number of fused-ring (bicyclic) bond motifs is 6. The van der Waals surface area contributed by atoms with Gasteiger partial charge in [0.1, 0.15) is 5.82 Å². The first-order valence-corrected chi connectivity index (χ1v) is 20.3. The number of hydrogen-bond donors (Lipinski definition) is 0. The van der Waals surface area contributed by atoms with Crippen molar-refractivity contribution in [3.63, 3.8) is 0 Å². The largest absolute Gasteiger partial charge is 0.310 e. The van der Waals surface area contributed by atoms with E-state index in [-0.39, 0.29) is 5.82 Å². The molecule has 274 valence electrons. The molecular formula is C54H35FN2S. The van der Waals surface area contributed by atoms with E-state index in [2.05, 4.69) is 185 Å². The predicted molar refractivity (Wildman–Crippen MR) is 245 cm³/mol. The fourth-order valence-corrected chi connectivity index (χ4v) is 9.78. The van der Waals surface area contributed by atoms with Crippen molar-refractivity contribution in [2.45, 2.75) is 0 Å². The van der Waals surface area contributed by atoms with Crippen LogP contribution in [0.2, 0.25) is 0 Å². The van der Waals surface area contributed by atoms with Crippen LogP contribution < -0.4 is 4.90 Å². The van der Waals surface area contributed by atoms with Gasteiger partial charge in [-0.3, -0.25) is 0 Å². The highest BCUT2D eigenvalue weighted by molar-refractivity contribution is 7.26.